The molecule has 3 heterocycles. The minimum Gasteiger partial charge on any atom is -0.361 e. The summed E-state index contributed by atoms with van der Waals surface area (Å²) in [7, 11) is -1.92. The van der Waals surface area contributed by atoms with E-state index in [0.717, 1.165) is 24.1 Å². The first-order valence-corrected chi connectivity index (χ1v) is 14.7. The van der Waals surface area contributed by atoms with E-state index in [-0.39, 0.29) is 29.6 Å². The van der Waals surface area contributed by atoms with Crippen molar-refractivity contribution >= 4 is 15.9 Å². The summed E-state index contributed by atoms with van der Waals surface area (Å²) in [5.41, 5.74) is 2.40. The summed E-state index contributed by atoms with van der Waals surface area (Å²) in [4.78, 5) is 19.5. The Labute approximate surface area is 220 Å². The van der Waals surface area contributed by atoms with Gasteiger partial charge in [-0.05, 0) is 50.0 Å². The van der Waals surface area contributed by atoms with Crippen LogP contribution < -0.4 is 5.32 Å². The highest BCUT2D eigenvalue weighted by Gasteiger charge is 2.42. The second-order valence-corrected chi connectivity index (χ2v) is 11.8. The highest BCUT2D eigenvalue weighted by atomic mass is 32.2. The highest BCUT2D eigenvalue weighted by molar-refractivity contribution is 7.89. The van der Waals surface area contributed by atoms with Gasteiger partial charge in [0.25, 0.3) is 5.91 Å². The standard InChI is InChI=1S/C26H40FN5O4S/c1-5-12-31-17-22-24(28-26(33)25(22)29(4)19(31)3)20-9-7-10-21(16-20)37(34,35)32-15-14-30(13-8-11-27)18-23(32)36-6-2/h7,9-10,16,19,23-24H,5-6,8,11-15,17-18H2,1-4H3,(H,28,33). The molecule has 1 aromatic rings. The number of benzene rings is 1. The maximum absolute atomic E-state index is 13.8. The van der Waals surface area contributed by atoms with E-state index in [9.17, 15) is 17.6 Å². The molecule has 3 aliphatic heterocycles. The van der Waals surface area contributed by atoms with E-state index >= 15 is 0 Å². The van der Waals surface area contributed by atoms with Crippen LogP contribution >= 0.6 is 0 Å². The average Bonchev–Trinajstić information content (AvgIpc) is 3.22. The fourth-order valence-corrected chi connectivity index (χ4v) is 7.17. The van der Waals surface area contributed by atoms with Gasteiger partial charge in [0, 0.05) is 52.9 Å². The minimum absolute atomic E-state index is 0.106. The van der Waals surface area contributed by atoms with Crippen LogP contribution in [0.15, 0.2) is 40.4 Å². The maximum atomic E-state index is 13.8. The number of likely N-dealkylation sites (N-methyl/N-ethyl adjacent to an activating group) is 1. The van der Waals surface area contributed by atoms with Gasteiger partial charge in [-0.1, -0.05) is 19.1 Å². The van der Waals surface area contributed by atoms with Crippen LogP contribution in [0.2, 0.25) is 0 Å². The zero-order valence-corrected chi connectivity index (χ0v) is 23.1. The number of amides is 1. The molecule has 1 saturated heterocycles. The number of carbonyl (C=O) groups excluding carboxylic acids is 1. The number of halogens is 1. The lowest BCUT2D eigenvalue weighted by Gasteiger charge is -2.41. The molecule has 4 rings (SSSR count). The molecule has 1 amide bonds. The van der Waals surface area contributed by atoms with Crippen LogP contribution in [0.5, 0.6) is 0 Å². The van der Waals surface area contributed by atoms with Crippen LogP contribution in [0, 0.1) is 0 Å². The van der Waals surface area contributed by atoms with E-state index in [1.54, 1.807) is 18.2 Å². The van der Waals surface area contributed by atoms with Crippen molar-refractivity contribution in [3.8, 4) is 0 Å². The van der Waals surface area contributed by atoms with Crippen LogP contribution in [0.4, 0.5) is 4.39 Å². The lowest BCUT2D eigenvalue weighted by molar-refractivity contribution is -0.119. The molecule has 0 spiro atoms. The Kier molecular flexibility index (Phi) is 8.90. The third-order valence-electron chi connectivity index (χ3n) is 7.61. The van der Waals surface area contributed by atoms with Gasteiger partial charge in [-0.15, -0.1) is 0 Å². The Morgan fingerprint density at radius 1 is 1.19 bits per heavy atom. The molecule has 1 N–H and O–H groups in total. The molecule has 3 aliphatic rings. The van der Waals surface area contributed by atoms with Crippen molar-refractivity contribution in [2.24, 2.45) is 0 Å². The molecular weight excluding hydrogens is 497 g/mol. The second kappa shape index (κ2) is 11.8. The van der Waals surface area contributed by atoms with Gasteiger partial charge < -0.3 is 15.0 Å². The van der Waals surface area contributed by atoms with Gasteiger partial charge in [0.1, 0.15) is 11.9 Å². The van der Waals surface area contributed by atoms with Crippen LogP contribution in [-0.4, -0.2) is 105 Å². The normalized spacial score (nSPS) is 26.0. The van der Waals surface area contributed by atoms with Gasteiger partial charge in [0.2, 0.25) is 10.0 Å². The summed E-state index contributed by atoms with van der Waals surface area (Å²) in [6.45, 7) is 9.38. The molecule has 0 aromatic heterocycles. The highest BCUT2D eigenvalue weighted by Crippen LogP contribution is 2.37. The van der Waals surface area contributed by atoms with Gasteiger partial charge in [-0.2, -0.15) is 4.31 Å². The first-order valence-electron chi connectivity index (χ1n) is 13.2. The predicted molar refractivity (Wildman–Crippen MR) is 140 cm³/mol. The van der Waals surface area contributed by atoms with Crippen LogP contribution in [0.1, 0.15) is 45.2 Å². The van der Waals surface area contributed by atoms with Crippen molar-refractivity contribution in [3.63, 3.8) is 0 Å². The van der Waals surface area contributed by atoms with Gasteiger partial charge in [0.05, 0.1) is 23.8 Å². The topological polar surface area (TPSA) is 85.4 Å². The molecule has 1 fully saturated rings. The number of hydrogen-bond acceptors (Lipinski definition) is 7. The Morgan fingerprint density at radius 2 is 1.97 bits per heavy atom. The first-order chi connectivity index (χ1) is 17.7. The first kappa shape index (κ1) is 28.0. The number of sulfonamides is 1. The smallest absolute Gasteiger partial charge is 0.268 e. The summed E-state index contributed by atoms with van der Waals surface area (Å²) in [5.74, 6) is -0.125. The number of hydrogen-bond donors (Lipinski definition) is 1. The van der Waals surface area contributed by atoms with Crippen molar-refractivity contribution in [3.05, 3.63) is 41.1 Å². The number of rotatable bonds is 10. The van der Waals surface area contributed by atoms with E-state index in [2.05, 4.69) is 24.1 Å². The number of piperazine rings is 1. The Balaban J connectivity index is 1.61. The molecule has 0 radical (unpaired) electrons. The van der Waals surface area contributed by atoms with Crippen LogP contribution in [0.3, 0.4) is 0 Å². The summed E-state index contributed by atoms with van der Waals surface area (Å²) in [6.07, 6.45) is 0.891. The number of carbonyl (C=O) groups is 1. The van der Waals surface area contributed by atoms with E-state index in [4.69, 9.17) is 4.74 Å². The lowest BCUT2D eigenvalue weighted by Crippen LogP contribution is -2.56. The van der Waals surface area contributed by atoms with Gasteiger partial charge in [0.15, 0.2) is 0 Å². The van der Waals surface area contributed by atoms with Crippen LogP contribution in [0.25, 0.3) is 0 Å². The molecule has 37 heavy (non-hydrogen) atoms. The summed E-state index contributed by atoms with van der Waals surface area (Å²) in [5, 5.41) is 3.09. The Morgan fingerprint density at radius 3 is 2.68 bits per heavy atom. The van der Waals surface area contributed by atoms with Crippen molar-refractivity contribution in [1.82, 2.24) is 24.3 Å². The van der Waals surface area contributed by atoms with Crippen molar-refractivity contribution in [2.75, 3.05) is 59.6 Å². The quantitative estimate of drug-likeness (QED) is 0.490. The molecule has 0 saturated carbocycles. The van der Waals surface area contributed by atoms with E-state index < -0.39 is 22.9 Å². The Bertz CT molecular complexity index is 1110. The summed E-state index contributed by atoms with van der Waals surface area (Å²) in [6, 6.07) is 6.50. The van der Waals surface area contributed by atoms with Crippen molar-refractivity contribution in [1.29, 1.82) is 0 Å². The van der Waals surface area contributed by atoms with E-state index in [1.807, 2.05) is 29.8 Å². The second-order valence-electron chi connectivity index (χ2n) is 9.93. The van der Waals surface area contributed by atoms with Gasteiger partial charge >= 0.3 is 0 Å². The van der Waals surface area contributed by atoms with Gasteiger partial charge in [-0.25, -0.2) is 8.42 Å². The Hall–Kier alpha value is -2.05. The zero-order chi connectivity index (χ0) is 26.7. The molecule has 3 atom stereocenters. The van der Waals surface area contributed by atoms with Crippen molar-refractivity contribution in [2.45, 2.75) is 56.9 Å². The number of alkyl halides is 1. The largest absolute Gasteiger partial charge is 0.361 e. The number of nitrogens with one attached hydrogen (secondary N) is 1. The fourth-order valence-electron chi connectivity index (χ4n) is 5.61. The molecule has 3 unspecified atom stereocenters. The third-order valence-corrected chi connectivity index (χ3v) is 9.49. The molecule has 0 aliphatic carbocycles. The summed E-state index contributed by atoms with van der Waals surface area (Å²) < 4.78 is 47.5. The fraction of sp³-hybridized carbons (Fsp3) is 0.654. The monoisotopic (exact) mass is 537 g/mol. The van der Waals surface area contributed by atoms with E-state index in [1.165, 1.54) is 4.31 Å². The molecule has 1 aromatic carbocycles. The lowest BCUT2D eigenvalue weighted by atomic mass is 9.97. The molecule has 11 heteroatoms. The van der Waals surface area contributed by atoms with Crippen LogP contribution in [-0.2, 0) is 19.6 Å². The molecule has 9 nitrogen and oxygen atoms in total. The molecule has 206 valence electrons. The SMILES string of the molecule is CCCN1CC2=C(C(=O)NC2c2cccc(S(=O)(=O)N3CCN(CCCF)CC3OCC)c2)N(C)C1C. The van der Waals surface area contributed by atoms with E-state index in [0.29, 0.717) is 44.9 Å². The number of ether oxygens (including phenoxy) is 1. The minimum atomic E-state index is -3.85. The average molecular weight is 538 g/mol. The van der Waals surface area contributed by atoms with Crippen molar-refractivity contribution < 1.29 is 22.3 Å². The zero-order valence-electron chi connectivity index (χ0n) is 22.3. The third kappa shape index (κ3) is 5.56. The number of nitrogens with zero attached hydrogens (tertiary/aromatic N) is 4. The predicted octanol–water partition coefficient (Wildman–Crippen LogP) is 2.14. The summed E-state index contributed by atoms with van der Waals surface area (Å²) >= 11 is 0. The maximum Gasteiger partial charge on any atom is 0.268 e. The molecule has 0 bridgehead atoms. The molecular formula is C26H40FN5O4S. The van der Waals surface area contributed by atoms with Gasteiger partial charge in [-0.3, -0.25) is 19.0 Å².